The van der Waals surface area contributed by atoms with Gasteiger partial charge in [-0.25, -0.2) is 9.37 Å². The van der Waals surface area contributed by atoms with Crippen LogP contribution in [0.5, 0.6) is 5.75 Å². The van der Waals surface area contributed by atoms with Gasteiger partial charge < -0.3 is 10.1 Å². The molecule has 4 rings (SSSR count). The van der Waals surface area contributed by atoms with E-state index in [-0.39, 0.29) is 29.9 Å². The Balaban J connectivity index is 1.57. The number of benzene rings is 2. The minimum absolute atomic E-state index is 0.170. The normalized spacial score (nSPS) is 16.1. The van der Waals surface area contributed by atoms with Crippen LogP contribution < -0.4 is 15.6 Å². The molecule has 144 valence electrons. The van der Waals surface area contributed by atoms with E-state index in [4.69, 9.17) is 4.74 Å². The Morgan fingerprint density at radius 2 is 2.18 bits per heavy atom. The van der Waals surface area contributed by atoms with E-state index in [9.17, 15) is 14.0 Å². The van der Waals surface area contributed by atoms with Crippen molar-refractivity contribution in [3.63, 3.8) is 0 Å². The lowest BCUT2D eigenvalue weighted by atomic mass is 10.0. The molecule has 0 aliphatic carbocycles. The van der Waals surface area contributed by atoms with Gasteiger partial charge in [0.25, 0.3) is 5.56 Å². The van der Waals surface area contributed by atoms with Crippen molar-refractivity contribution < 1.29 is 13.9 Å². The number of carbonyl (C=O) groups is 1. The molecule has 0 saturated heterocycles. The minimum Gasteiger partial charge on any atom is -0.493 e. The third kappa shape index (κ3) is 3.77. The molecule has 0 spiro atoms. The van der Waals surface area contributed by atoms with Gasteiger partial charge in [-0.05, 0) is 49.2 Å². The quantitative estimate of drug-likeness (QED) is 0.670. The molecule has 2 aromatic carbocycles. The van der Waals surface area contributed by atoms with Crippen molar-refractivity contribution >= 4 is 32.7 Å². The Hall–Kier alpha value is -2.74. The van der Waals surface area contributed by atoms with Gasteiger partial charge in [-0.1, -0.05) is 15.9 Å². The second kappa shape index (κ2) is 7.71. The summed E-state index contributed by atoms with van der Waals surface area (Å²) in [6.45, 7) is 0.338. The van der Waals surface area contributed by atoms with E-state index in [1.54, 1.807) is 24.3 Å². The monoisotopic (exact) mass is 445 g/mol. The second-order valence-electron chi connectivity index (χ2n) is 6.63. The van der Waals surface area contributed by atoms with Crippen LogP contribution in [0.2, 0.25) is 0 Å². The van der Waals surface area contributed by atoms with Crippen LogP contribution in [0.15, 0.2) is 52.0 Å². The first-order valence-corrected chi connectivity index (χ1v) is 9.67. The predicted molar refractivity (Wildman–Crippen MR) is 106 cm³/mol. The summed E-state index contributed by atoms with van der Waals surface area (Å²) in [5.41, 5.74) is 0.881. The van der Waals surface area contributed by atoms with Crippen LogP contribution in [0.3, 0.4) is 0 Å². The average Bonchev–Trinajstić information content (AvgIpc) is 2.86. The fourth-order valence-electron chi connectivity index (χ4n) is 3.34. The zero-order valence-electron chi connectivity index (χ0n) is 14.8. The van der Waals surface area contributed by atoms with E-state index in [1.165, 1.54) is 23.0 Å². The fraction of sp³-hybridized carbons (Fsp3) is 0.250. The van der Waals surface area contributed by atoms with Gasteiger partial charge in [0.15, 0.2) is 0 Å². The molecule has 1 aliphatic heterocycles. The summed E-state index contributed by atoms with van der Waals surface area (Å²) in [6.07, 6.45) is 2.72. The Bertz CT molecular complexity index is 1120. The molecule has 2 heterocycles. The number of aromatic nitrogens is 2. The SMILES string of the molecule is O=C(Cn1cnc2ccc(Br)cc2c1=O)NC1CCCOc2ccc(F)cc21. The van der Waals surface area contributed by atoms with Crippen LogP contribution in [-0.4, -0.2) is 22.1 Å². The molecule has 0 fully saturated rings. The summed E-state index contributed by atoms with van der Waals surface area (Å²) >= 11 is 3.34. The average molecular weight is 446 g/mol. The molecule has 0 saturated carbocycles. The number of nitrogens with zero attached hydrogens (tertiary/aromatic N) is 2. The first kappa shape index (κ1) is 18.6. The van der Waals surface area contributed by atoms with Crippen LogP contribution in [0.4, 0.5) is 4.39 Å². The van der Waals surface area contributed by atoms with E-state index < -0.39 is 0 Å². The van der Waals surface area contributed by atoms with Crippen LogP contribution in [0.25, 0.3) is 10.9 Å². The number of halogens is 2. The Labute approximate surface area is 168 Å². The Kier molecular flexibility index (Phi) is 5.13. The van der Waals surface area contributed by atoms with Crippen LogP contribution in [-0.2, 0) is 11.3 Å². The summed E-state index contributed by atoms with van der Waals surface area (Å²) in [4.78, 5) is 29.5. The molecule has 28 heavy (non-hydrogen) atoms. The number of fused-ring (bicyclic) bond motifs is 2. The van der Waals surface area contributed by atoms with Crippen LogP contribution >= 0.6 is 15.9 Å². The molecule has 8 heteroatoms. The van der Waals surface area contributed by atoms with E-state index >= 15 is 0 Å². The number of carbonyl (C=O) groups excluding carboxylic acids is 1. The van der Waals surface area contributed by atoms with Gasteiger partial charge in [-0.3, -0.25) is 14.2 Å². The van der Waals surface area contributed by atoms with E-state index in [1.807, 2.05) is 0 Å². The maximum atomic E-state index is 13.7. The number of rotatable bonds is 3. The van der Waals surface area contributed by atoms with E-state index in [0.717, 1.165) is 10.9 Å². The van der Waals surface area contributed by atoms with Gasteiger partial charge in [0.1, 0.15) is 18.1 Å². The maximum absolute atomic E-state index is 13.7. The van der Waals surface area contributed by atoms with Crippen molar-refractivity contribution in [3.05, 3.63) is 68.9 Å². The van der Waals surface area contributed by atoms with Crippen LogP contribution in [0, 0.1) is 5.82 Å². The van der Waals surface area contributed by atoms with E-state index in [0.29, 0.717) is 35.2 Å². The second-order valence-corrected chi connectivity index (χ2v) is 7.55. The zero-order valence-corrected chi connectivity index (χ0v) is 16.4. The molecule has 1 unspecified atom stereocenters. The minimum atomic E-state index is -0.385. The Morgan fingerprint density at radius 3 is 3.04 bits per heavy atom. The molecule has 1 amide bonds. The summed E-state index contributed by atoms with van der Waals surface area (Å²) in [7, 11) is 0. The highest BCUT2D eigenvalue weighted by molar-refractivity contribution is 9.10. The van der Waals surface area contributed by atoms with Gasteiger partial charge in [0.05, 0.1) is 29.9 Å². The van der Waals surface area contributed by atoms with Crippen molar-refractivity contribution in [1.82, 2.24) is 14.9 Å². The lowest BCUT2D eigenvalue weighted by Crippen LogP contribution is -2.34. The number of hydrogen-bond acceptors (Lipinski definition) is 4. The van der Waals surface area contributed by atoms with Gasteiger partial charge in [0.2, 0.25) is 5.91 Å². The van der Waals surface area contributed by atoms with Crippen molar-refractivity contribution in [2.75, 3.05) is 6.61 Å². The number of ether oxygens (including phenoxy) is 1. The standard InChI is InChI=1S/C20H17BrFN3O3/c21-12-3-5-16-15(8-12)20(27)25(11-23-16)10-19(26)24-17-2-1-7-28-18-6-4-13(22)9-14(17)18/h3-6,8-9,11,17H,1-2,7,10H2,(H,24,26). The van der Waals surface area contributed by atoms with Gasteiger partial charge in [-0.15, -0.1) is 0 Å². The molecule has 3 aromatic rings. The Morgan fingerprint density at radius 1 is 1.32 bits per heavy atom. The zero-order chi connectivity index (χ0) is 19.7. The molecule has 1 aromatic heterocycles. The fourth-order valence-corrected chi connectivity index (χ4v) is 3.70. The van der Waals surface area contributed by atoms with Crippen molar-refractivity contribution in [2.24, 2.45) is 0 Å². The van der Waals surface area contributed by atoms with Crippen LogP contribution in [0.1, 0.15) is 24.4 Å². The van der Waals surface area contributed by atoms with Crippen molar-refractivity contribution in [2.45, 2.75) is 25.4 Å². The summed E-state index contributed by atoms with van der Waals surface area (Å²) in [5.74, 6) is -0.164. The third-order valence-corrected chi connectivity index (χ3v) is 5.17. The smallest absolute Gasteiger partial charge is 0.261 e. The highest BCUT2D eigenvalue weighted by Crippen LogP contribution is 2.32. The number of hydrogen-bond donors (Lipinski definition) is 1. The molecular formula is C20H17BrFN3O3. The number of amides is 1. The van der Waals surface area contributed by atoms with Gasteiger partial charge in [0, 0.05) is 10.0 Å². The first-order chi connectivity index (χ1) is 13.5. The molecular weight excluding hydrogens is 429 g/mol. The van der Waals surface area contributed by atoms with Gasteiger partial charge in [-0.2, -0.15) is 0 Å². The molecule has 1 N–H and O–H groups in total. The number of nitrogens with one attached hydrogen (secondary N) is 1. The summed E-state index contributed by atoms with van der Waals surface area (Å²) in [5, 5.41) is 3.33. The summed E-state index contributed by atoms with van der Waals surface area (Å²) in [6, 6.07) is 9.14. The van der Waals surface area contributed by atoms with Gasteiger partial charge >= 0.3 is 0 Å². The highest BCUT2D eigenvalue weighted by atomic mass is 79.9. The maximum Gasteiger partial charge on any atom is 0.261 e. The van der Waals surface area contributed by atoms with E-state index in [2.05, 4.69) is 26.2 Å². The first-order valence-electron chi connectivity index (χ1n) is 8.87. The summed E-state index contributed by atoms with van der Waals surface area (Å²) < 4.78 is 21.3. The lowest BCUT2D eigenvalue weighted by molar-refractivity contribution is -0.122. The molecule has 0 bridgehead atoms. The van der Waals surface area contributed by atoms with Crippen molar-refractivity contribution in [1.29, 1.82) is 0 Å². The third-order valence-electron chi connectivity index (χ3n) is 4.68. The largest absolute Gasteiger partial charge is 0.493 e. The topological polar surface area (TPSA) is 73.2 Å². The molecule has 1 atom stereocenters. The molecule has 1 aliphatic rings. The molecule has 6 nitrogen and oxygen atoms in total. The van der Waals surface area contributed by atoms with Crippen molar-refractivity contribution in [3.8, 4) is 5.75 Å². The highest BCUT2D eigenvalue weighted by Gasteiger charge is 2.22. The predicted octanol–water partition coefficient (Wildman–Crippen LogP) is 3.33. The lowest BCUT2D eigenvalue weighted by Gasteiger charge is -2.19. The molecule has 0 radical (unpaired) electrons.